The number of aliphatic hydroxyl groups excluding tert-OH is 1. The lowest BCUT2D eigenvalue weighted by Gasteiger charge is -2.31. The molecule has 1 saturated heterocycles. The molecule has 0 aliphatic carbocycles. The van der Waals surface area contributed by atoms with E-state index in [0.717, 1.165) is 50.1 Å². The summed E-state index contributed by atoms with van der Waals surface area (Å²) in [6.07, 6.45) is 2.92. The van der Waals surface area contributed by atoms with Crippen LogP contribution in [-0.2, 0) is 9.53 Å². The zero-order valence-electron chi connectivity index (χ0n) is 12.9. The minimum Gasteiger partial charge on any atom is -0.508 e. The number of nitrogens with zero attached hydrogens (tertiary/aromatic N) is 1. The first-order valence-electron chi connectivity index (χ1n) is 7.29. The molecule has 21 heavy (non-hydrogen) atoms. The van der Waals surface area contributed by atoms with Gasteiger partial charge in [-0.1, -0.05) is 6.58 Å². The van der Waals surface area contributed by atoms with Gasteiger partial charge in [0.15, 0.2) is 0 Å². The molecule has 4 heteroatoms. The average Bonchev–Trinajstić information content (AvgIpc) is 2.55. The van der Waals surface area contributed by atoms with Gasteiger partial charge in [-0.2, -0.15) is 0 Å². The number of anilines is 1. The van der Waals surface area contributed by atoms with Gasteiger partial charge >= 0.3 is 0 Å². The van der Waals surface area contributed by atoms with Crippen molar-refractivity contribution in [2.24, 2.45) is 5.92 Å². The molecule has 1 aliphatic heterocycles. The standard InChI is InChI=1S/C14H17NO2.C3H8O/c1-11(17)13-2-4-14(5-3-13)15-8-6-12(10-16)7-9-15;1-3-4-2/h2-5,10,12,17H,1,6-9H2;3H2,1-2H3. The lowest BCUT2D eigenvalue weighted by atomic mass is 9.98. The van der Waals surface area contributed by atoms with Gasteiger partial charge in [-0.3, -0.25) is 0 Å². The van der Waals surface area contributed by atoms with E-state index in [-0.39, 0.29) is 11.7 Å². The van der Waals surface area contributed by atoms with E-state index in [1.54, 1.807) is 7.11 Å². The number of hydrogen-bond donors (Lipinski definition) is 1. The van der Waals surface area contributed by atoms with Gasteiger partial charge in [-0.05, 0) is 44.0 Å². The second kappa shape index (κ2) is 9.19. The van der Waals surface area contributed by atoms with Crippen molar-refractivity contribution in [1.82, 2.24) is 0 Å². The quantitative estimate of drug-likeness (QED) is 0.683. The molecule has 1 heterocycles. The largest absolute Gasteiger partial charge is 0.508 e. The molecule has 0 unspecified atom stereocenters. The highest BCUT2D eigenvalue weighted by Crippen LogP contribution is 2.23. The van der Waals surface area contributed by atoms with Crippen molar-refractivity contribution in [2.45, 2.75) is 19.8 Å². The highest BCUT2D eigenvalue weighted by atomic mass is 16.5. The van der Waals surface area contributed by atoms with Crippen LogP contribution in [-0.4, -0.2) is 38.2 Å². The van der Waals surface area contributed by atoms with Gasteiger partial charge in [0.25, 0.3) is 0 Å². The van der Waals surface area contributed by atoms with Crippen LogP contribution in [0, 0.1) is 5.92 Å². The summed E-state index contributed by atoms with van der Waals surface area (Å²) in [5.74, 6) is 0.318. The number of benzene rings is 1. The van der Waals surface area contributed by atoms with E-state index in [2.05, 4.69) is 16.2 Å². The fraction of sp³-hybridized carbons (Fsp3) is 0.471. The summed E-state index contributed by atoms with van der Waals surface area (Å²) in [6, 6.07) is 7.70. The van der Waals surface area contributed by atoms with Gasteiger partial charge in [0.1, 0.15) is 12.0 Å². The third-order valence-electron chi connectivity index (χ3n) is 3.59. The van der Waals surface area contributed by atoms with E-state index in [4.69, 9.17) is 0 Å². The van der Waals surface area contributed by atoms with Gasteiger partial charge in [-0.15, -0.1) is 0 Å². The van der Waals surface area contributed by atoms with E-state index >= 15 is 0 Å². The van der Waals surface area contributed by atoms with E-state index in [1.807, 2.05) is 31.2 Å². The Morgan fingerprint density at radius 3 is 2.29 bits per heavy atom. The van der Waals surface area contributed by atoms with Crippen LogP contribution in [0.5, 0.6) is 0 Å². The maximum absolute atomic E-state index is 10.7. The molecule has 0 amide bonds. The topological polar surface area (TPSA) is 49.8 Å². The summed E-state index contributed by atoms with van der Waals surface area (Å²) in [7, 11) is 1.68. The number of carbonyl (C=O) groups is 1. The molecule has 1 N–H and O–H groups in total. The molecule has 1 aromatic rings. The molecule has 0 spiro atoms. The van der Waals surface area contributed by atoms with Crippen molar-refractivity contribution in [1.29, 1.82) is 0 Å². The van der Waals surface area contributed by atoms with Crippen molar-refractivity contribution >= 4 is 17.7 Å². The van der Waals surface area contributed by atoms with Crippen molar-refractivity contribution < 1.29 is 14.6 Å². The lowest BCUT2D eigenvalue weighted by Crippen LogP contribution is -2.33. The molecule has 1 aromatic carbocycles. The molecule has 116 valence electrons. The summed E-state index contributed by atoms with van der Waals surface area (Å²) < 4.78 is 4.54. The highest BCUT2D eigenvalue weighted by molar-refractivity contribution is 5.60. The number of piperidine rings is 1. The van der Waals surface area contributed by atoms with Crippen LogP contribution in [0.1, 0.15) is 25.3 Å². The zero-order valence-corrected chi connectivity index (χ0v) is 12.9. The Hall–Kier alpha value is -1.81. The van der Waals surface area contributed by atoms with Gasteiger partial charge < -0.3 is 19.5 Å². The monoisotopic (exact) mass is 291 g/mol. The second-order valence-corrected chi connectivity index (χ2v) is 5.03. The number of aliphatic hydroxyl groups is 1. The first-order valence-corrected chi connectivity index (χ1v) is 7.29. The molecule has 2 rings (SSSR count). The summed E-state index contributed by atoms with van der Waals surface area (Å²) in [5, 5.41) is 9.24. The summed E-state index contributed by atoms with van der Waals surface area (Å²) in [5.41, 5.74) is 1.89. The number of ether oxygens (including phenoxy) is 1. The molecular weight excluding hydrogens is 266 g/mol. The van der Waals surface area contributed by atoms with Crippen LogP contribution >= 0.6 is 0 Å². The predicted molar refractivity (Wildman–Crippen MR) is 86.7 cm³/mol. The van der Waals surface area contributed by atoms with Crippen LogP contribution < -0.4 is 4.90 Å². The Morgan fingerprint density at radius 2 is 1.90 bits per heavy atom. The molecule has 0 atom stereocenters. The Bertz CT molecular complexity index is 432. The summed E-state index contributed by atoms with van der Waals surface area (Å²) in [4.78, 5) is 12.9. The SMILES string of the molecule is C=C(O)c1ccc(N2CCC(C=O)CC2)cc1.CCOC. The third kappa shape index (κ3) is 5.60. The minimum absolute atomic E-state index is 0.0937. The molecule has 0 radical (unpaired) electrons. The van der Waals surface area contributed by atoms with Crippen LogP contribution in [0.4, 0.5) is 5.69 Å². The van der Waals surface area contributed by atoms with Crippen molar-refractivity contribution in [3.8, 4) is 0 Å². The Balaban J connectivity index is 0.000000491. The predicted octanol–water partition coefficient (Wildman–Crippen LogP) is 3.28. The van der Waals surface area contributed by atoms with Gasteiger partial charge in [0.05, 0.1) is 0 Å². The smallest absolute Gasteiger partial charge is 0.123 e. The van der Waals surface area contributed by atoms with Crippen molar-refractivity contribution in [3.05, 3.63) is 36.4 Å². The first kappa shape index (κ1) is 17.2. The molecule has 0 bridgehead atoms. The number of rotatable bonds is 4. The van der Waals surface area contributed by atoms with E-state index < -0.39 is 0 Å². The Kier molecular flexibility index (Phi) is 7.54. The normalized spacial score (nSPS) is 15.0. The average molecular weight is 291 g/mol. The fourth-order valence-corrected chi connectivity index (χ4v) is 2.16. The maximum Gasteiger partial charge on any atom is 0.123 e. The van der Waals surface area contributed by atoms with Crippen LogP contribution in [0.15, 0.2) is 30.8 Å². The molecule has 0 aromatic heterocycles. The minimum atomic E-state index is 0.0937. The number of methoxy groups -OCH3 is 1. The van der Waals surface area contributed by atoms with Gasteiger partial charge in [0.2, 0.25) is 0 Å². The summed E-state index contributed by atoms with van der Waals surface area (Å²) >= 11 is 0. The molecule has 1 fully saturated rings. The number of hydrogen-bond acceptors (Lipinski definition) is 4. The molecule has 0 saturated carbocycles. The van der Waals surface area contributed by atoms with Gasteiger partial charge in [0, 0.05) is 44.0 Å². The highest BCUT2D eigenvalue weighted by Gasteiger charge is 2.18. The third-order valence-corrected chi connectivity index (χ3v) is 3.59. The first-order chi connectivity index (χ1) is 10.1. The molecule has 1 aliphatic rings. The molecular formula is C17H25NO3. The Labute approximate surface area is 127 Å². The van der Waals surface area contributed by atoms with Crippen LogP contribution in [0.3, 0.4) is 0 Å². The Morgan fingerprint density at radius 1 is 1.38 bits per heavy atom. The maximum atomic E-state index is 10.7. The van der Waals surface area contributed by atoms with E-state index in [1.165, 1.54) is 0 Å². The van der Waals surface area contributed by atoms with Crippen molar-refractivity contribution in [3.63, 3.8) is 0 Å². The van der Waals surface area contributed by atoms with Crippen LogP contribution in [0.2, 0.25) is 0 Å². The van der Waals surface area contributed by atoms with E-state index in [0.29, 0.717) is 0 Å². The molecule has 4 nitrogen and oxygen atoms in total. The fourth-order valence-electron chi connectivity index (χ4n) is 2.16. The lowest BCUT2D eigenvalue weighted by molar-refractivity contribution is -0.111. The number of aldehydes is 1. The number of carbonyl (C=O) groups excluding carboxylic acids is 1. The van der Waals surface area contributed by atoms with Crippen molar-refractivity contribution in [2.75, 3.05) is 31.7 Å². The second-order valence-electron chi connectivity index (χ2n) is 5.03. The summed E-state index contributed by atoms with van der Waals surface area (Å²) in [6.45, 7) is 8.11. The van der Waals surface area contributed by atoms with E-state index in [9.17, 15) is 9.90 Å². The zero-order chi connectivity index (χ0) is 15.7. The van der Waals surface area contributed by atoms with Crippen LogP contribution in [0.25, 0.3) is 5.76 Å². The van der Waals surface area contributed by atoms with Gasteiger partial charge in [-0.25, -0.2) is 0 Å².